The number of aromatic amines is 1. The average molecular weight is 350 g/mol. The molecule has 26 heavy (non-hydrogen) atoms. The number of phenols is 1. The second-order valence-corrected chi connectivity index (χ2v) is 6.98. The number of carbonyl (C=O) groups is 1. The van der Waals surface area contributed by atoms with Crippen LogP contribution in [0, 0.1) is 5.92 Å². The molecule has 1 aromatic heterocycles. The predicted molar refractivity (Wildman–Crippen MR) is 102 cm³/mol. The quantitative estimate of drug-likeness (QED) is 0.634. The maximum absolute atomic E-state index is 12.0. The van der Waals surface area contributed by atoms with E-state index in [1.54, 1.807) is 24.3 Å². The number of likely N-dealkylation sites (tertiary alicyclic amines) is 1. The van der Waals surface area contributed by atoms with Gasteiger partial charge in [0.05, 0.1) is 0 Å². The van der Waals surface area contributed by atoms with Gasteiger partial charge < -0.3 is 26.5 Å². The Morgan fingerprint density at radius 3 is 2.88 bits per heavy atom. The molecule has 3 atom stereocenters. The first-order valence-electron chi connectivity index (χ1n) is 8.66. The number of benzene rings is 1. The number of nitrogens with two attached hydrogens (primary N) is 2. The van der Waals surface area contributed by atoms with Gasteiger partial charge in [0.25, 0.3) is 0 Å². The smallest absolute Gasteiger partial charge is 0.246 e. The fourth-order valence-electron chi connectivity index (χ4n) is 3.96. The third-order valence-corrected chi connectivity index (χ3v) is 5.40. The lowest BCUT2D eigenvalue weighted by Crippen LogP contribution is -2.30. The van der Waals surface area contributed by atoms with Gasteiger partial charge in [-0.1, -0.05) is 18.7 Å². The van der Waals surface area contributed by atoms with Crippen LogP contribution in [0.1, 0.15) is 29.2 Å². The summed E-state index contributed by atoms with van der Waals surface area (Å²) in [6.45, 7) is 4.26. The number of hydrogen-bond acceptors (Lipinski definition) is 4. The van der Waals surface area contributed by atoms with Crippen LogP contribution in [-0.2, 0) is 4.79 Å². The lowest BCUT2D eigenvalue weighted by atomic mass is 10.0. The molecule has 2 fully saturated rings. The topological polar surface area (TPSA) is 108 Å². The van der Waals surface area contributed by atoms with E-state index in [4.69, 9.17) is 11.5 Å². The lowest BCUT2D eigenvalue weighted by molar-refractivity contribution is -0.125. The highest BCUT2D eigenvalue weighted by Crippen LogP contribution is 2.52. The average Bonchev–Trinajstić information content (AvgIpc) is 3.20. The normalized spacial score (nSPS) is 24.4. The molecule has 134 valence electrons. The highest BCUT2D eigenvalue weighted by molar-refractivity contribution is 5.88. The van der Waals surface area contributed by atoms with Gasteiger partial charge in [0.15, 0.2) is 0 Å². The summed E-state index contributed by atoms with van der Waals surface area (Å²) in [7, 11) is 0. The van der Waals surface area contributed by atoms with Gasteiger partial charge in [0.1, 0.15) is 11.6 Å². The van der Waals surface area contributed by atoms with Crippen molar-refractivity contribution >= 4 is 23.5 Å². The van der Waals surface area contributed by atoms with Crippen molar-refractivity contribution in [2.45, 2.75) is 18.4 Å². The van der Waals surface area contributed by atoms with Crippen LogP contribution in [0.4, 0.5) is 5.82 Å². The van der Waals surface area contributed by atoms with E-state index < -0.39 is 0 Å². The van der Waals surface area contributed by atoms with Gasteiger partial charge in [-0.3, -0.25) is 4.79 Å². The molecule has 2 aromatic rings. The molecule has 1 saturated heterocycles. The molecule has 2 unspecified atom stereocenters. The van der Waals surface area contributed by atoms with E-state index in [0.717, 1.165) is 17.7 Å². The number of amides is 1. The summed E-state index contributed by atoms with van der Waals surface area (Å²) in [6.07, 6.45) is 4.16. The largest absolute Gasteiger partial charge is 0.507 e. The Kier molecular flexibility index (Phi) is 3.76. The van der Waals surface area contributed by atoms with E-state index in [9.17, 15) is 9.90 Å². The summed E-state index contributed by atoms with van der Waals surface area (Å²) in [5.41, 5.74) is 15.1. The minimum Gasteiger partial charge on any atom is -0.507 e. The van der Waals surface area contributed by atoms with Crippen LogP contribution in [-0.4, -0.2) is 33.5 Å². The van der Waals surface area contributed by atoms with Gasteiger partial charge >= 0.3 is 0 Å². The molecular formula is C20H22N4O2. The number of piperidine rings is 1. The summed E-state index contributed by atoms with van der Waals surface area (Å²) in [6, 6.07) is 9.23. The summed E-state index contributed by atoms with van der Waals surface area (Å²) >= 11 is 0. The van der Waals surface area contributed by atoms with Crippen molar-refractivity contribution in [2.75, 3.05) is 12.3 Å². The molecule has 4 rings (SSSR count). The minimum absolute atomic E-state index is 0.0107. The zero-order valence-corrected chi connectivity index (χ0v) is 14.4. The summed E-state index contributed by atoms with van der Waals surface area (Å²) in [4.78, 5) is 17.1. The van der Waals surface area contributed by atoms with Gasteiger partial charge in [0.2, 0.25) is 5.91 Å². The monoisotopic (exact) mass is 350 g/mol. The Hall–Kier alpha value is -3.15. The van der Waals surface area contributed by atoms with Crippen molar-refractivity contribution in [3.05, 3.63) is 59.8 Å². The van der Waals surface area contributed by atoms with Crippen molar-refractivity contribution in [2.24, 2.45) is 11.7 Å². The number of rotatable bonds is 4. The Balaban J connectivity index is 1.59. The van der Waals surface area contributed by atoms with E-state index in [2.05, 4.69) is 11.6 Å². The number of nitrogens with one attached hydrogen (secondary N) is 1. The molecule has 6 heteroatoms. The Morgan fingerprint density at radius 2 is 2.15 bits per heavy atom. The highest BCUT2D eigenvalue weighted by atomic mass is 16.3. The zero-order chi connectivity index (χ0) is 18.4. The van der Waals surface area contributed by atoms with Gasteiger partial charge in [-0.25, -0.2) is 0 Å². The third kappa shape index (κ3) is 2.63. The molecule has 1 amide bonds. The van der Waals surface area contributed by atoms with Crippen molar-refractivity contribution in [1.29, 1.82) is 0 Å². The SMILES string of the molecule is C=CC(=O)N1CC(c2cc(/C=C(\N)c3ccccc3O)c(N)[nH]2)C2C[C@H]21. The van der Waals surface area contributed by atoms with Crippen LogP contribution in [0.25, 0.3) is 11.8 Å². The molecule has 2 heterocycles. The van der Waals surface area contributed by atoms with Crippen molar-refractivity contribution in [3.8, 4) is 5.75 Å². The van der Waals surface area contributed by atoms with Gasteiger partial charge in [-0.2, -0.15) is 0 Å². The number of anilines is 1. The first kappa shape index (κ1) is 16.3. The number of para-hydroxylation sites is 1. The molecule has 0 bridgehead atoms. The van der Waals surface area contributed by atoms with Gasteiger partial charge in [-0.05, 0) is 42.7 Å². The van der Waals surface area contributed by atoms with Crippen molar-refractivity contribution in [3.63, 3.8) is 0 Å². The Morgan fingerprint density at radius 1 is 1.38 bits per heavy atom. The number of H-pyrrole nitrogens is 1. The van der Waals surface area contributed by atoms with Gasteiger partial charge in [0, 0.05) is 41.0 Å². The fraction of sp³-hybridized carbons (Fsp3) is 0.250. The van der Waals surface area contributed by atoms with E-state index in [1.165, 1.54) is 6.08 Å². The van der Waals surface area contributed by atoms with E-state index >= 15 is 0 Å². The third-order valence-electron chi connectivity index (χ3n) is 5.40. The van der Waals surface area contributed by atoms with Crippen LogP contribution >= 0.6 is 0 Å². The number of phenolic OH excluding ortho intramolecular Hbond substituents is 1. The molecule has 1 aromatic carbocycles. The molecule has 1 aliphatic carbocycles. The molecule has 1 aliphatic heterocycles. The molecule has 1 saturated carbocycles. The van der Waals surface area contributed by atoms with Crippen LogP contribution in [0.15, 0.2) is 43.0 Å². The molecule has 6 nitrogen and oxygen atoms in total. The molecular weight excluding hydrogens is 328 g/mol. The minimum atomic E-state index is -0.0107. The van der Waals surface area contributed by atoms with Crippen molar-refractivity contribution < 1.29 is 9.90 Å². The summed E-state index contributed by atoms with van der Waals surface area (Å²) in [5.74, 6) is 1.38. The Labute approximate surface area is 151 Å². The van der Waals surface area contributed by atoms with Crippen LogP contribution in [0.2, 0.25) is 0 Å². The van der Waals surface area contributed by atoms with Gasteiger partial charge in [-0.15, -0.1) is 0 Å². The number of nitrogen functional groups attached to an aromatic ring is 1. The number of aromatic nitrogens is 1. The first-order valence-corrected chi connectivity index (χ1v) is 8.66. The predicted octanol–water partition coefficient (Wildman–Crippen LogP) is 2.26. The fourth-order valence-corrected chi connectivity index (χ4v) is 3.96. The van der Waals surface area contributed by atoms with Crippen molar-refractivity contribution in [1.82, 2.24) is 9.88 Å². The van der Waals surface area contributed by atoms with Crippen LogP contribution in [0.5, 0.6) is 5.75 Å². The highest BCUT2D eigenvalue weighted by Gasteiger charge is 2.55. The number of aromatic hydroxyl groups is 1. The number of carbonyl (C=O) groups excluding carboxylic acids is 1. The number of nitrogens with zero attached hydrogens (tertiary/aromatic N) is 1. The summed E-state index contributed by atoms with van der Waals surface area (Å²) in [5, 5.41) is 9.95. The van der Waals surface area contributed by atoms with E-state index in [0.29, 0.717) is 35.6 Å². The maximum atomic E-state index is 12.0. The second kappa shape index (κ2) is 5.98. The molecule has 6 N–H and O–H groups in total. The van der Waals surface area contributed by atoms with E-state index in [1.807, 2.05) is 17.0 Å². The zero-order valence-electron chi connectivity index (χ0n) is 14.4. The number of fused-ring (bicyclic) bond motifs is 1. The Bertz CT molecular complexity index is 914. The number of hydrogen-bond donors (Lipinski definition) is 4. The van der Waals surface area contributed by atoms with Crippen LogP contribution < -0.4 is 11.5 Å². The van der Waals surface area contributed by atoms with Crippen LogP contribution in [0.3, 0.4) is 0 Å². The molecule has 2 aliphatic rings. The first-order chi connectivity index (χ1) is 12.5. The molecule has 0 spiro atoms. The van der Waals surface area contributed by atoms with E-state index in [-0.39, 0.29) is 17.6 Å². The standard InChI is InChI=1S/C20H22N4O2/c1-2-19(26)24-10-14(13-9-17(13)24)16-8-11(20(22)23-16)7-15(21)12-5-3-4-6-18(12)25/h2-8,13-14,17,23,25H,1,9-10,21-22H2/b15-7-/t13?,14?,17-/m1/s1. The summed E-state index contributed by atoms with van der Waals surface area (Å²) < 4.78 is 0. The second-order valence-electron chi connectivity index (χ2n) is 6.98. The molecule has 0 radical (unpaired) electrons. The lowest BCUT2D eigenvalue weighted by Gasteiger charge is -2.18. The maximum Gasteiger partial charge on any atom is 0.246 e.